The van der Waals surface area contributed by atoms with Crippen molar-refractivity contribution >= 4 is 44.2 Å². The van der Waals surface area contributed by atoms with Gasteiger partial charge >= 0.3 is 0 Å². The zero-order chi connectivity index (χ0) is 15.0. The quantitative estimate of drug-likeness (QED) is 0.742. The molecular weight excluding hydrogens is 311 g/mol. The Morgan fingerprint density at radius 1 is 1.24 bits per heavy atom. The van der Waals surface area contributed by atoms with E-state index in [4.69, 9.17) is 11.6 Å². The van der Waals surface area contributed by atoms with Gasteiger partial charge in [-0.1, -0.05) is 35.1 Å². The molecule has 0 atom stereocenters. The summed E-state index contributed by atoms with van der Waals surface area (Å²) in [7, 11) is 0. The second kappa shape index (κ2) is 5.42. The number of rotatable bonds is 2. The molecule has 2 aromatic carbocycles. The molecule has 0 spiro atoms. The summed E-state index contributed by atoms with van der Waals surface area (Å²) >= 11 is 7.20. The minimum absolute atomic E-state index is 0.0934. The Balaban J connectivity index is 2.03. The van der Waals surface area contributed by atoms with Crippen molar-refractivity contribution < 1.29 is 9.18 Å². The number of halogens is 2. The Morgan fingerprint density at radius 2 is 1.95 bits per heavy atom. The van der Waals surface area contributed by atoms with E-state index in [-0.39, 0.29) is 10.9 Å². The summed E-state index contributed by atoms with van der Waals surface area (Å²) in [6.07, 6.45) is 0. The van der Waals surface area contributed by atoms with Gasteiger partial charge in [-0.2, -0.15) is 0 Å². The monoisotopic (exact) mass is 320 g/mol. The summed E-state index contributed by atoms with van der Waals surface area (Å²) in [4.78, 5) is 15.4. The fraction of sp³-hybridized carbons (Fsp3) is 0.0667. The lowest BCUT2D eigenvalue weighted by atomic mass is 10.1. The van der Waals surface area contributed by atoms with Gasteiger partial charge in [0.1, 0.15) is 5.82 Å². The summed E-state index contributed by atoms with van der Waals surface area (Å²) in [6.45, 7) is 1.44. The van der Waals surface area contributed by atoms with Gasteiger partial charge in [-0.15, -0.1) is 0 Å². The Bertz CT molecular complexity index is 847. The fourth-order valence-electron chi connectivity index (χ4n) is 1.98. The molecule has 0 radical (unpaired) electrons. The van der Waals surface area contributed by atoms with Crippen LogP contribution in [0, 0.1) is 5.82 Å². The van der Waals surface area contributed by atoms with E-state index >= 15 is 0 Å². The SMILES string of the molecule is CC(=O)Nc1nc2ccc(-c3ccc(F)c(Cl)c3)cc2s1. The van der Waals surface area contributed by atoms with Crippen LogP contribution in [0.4, 0.5) is 9.52 Å². The van der Waals surface area contributed by atoms with Crippen LogP contribution in [0.5, 0.6) is 0 Å². The van der Waals surface area contributed by atoms with Gasteiger partial charge in [0.15, 0.2) is 5.13 Å². The zero-order valence-electron chi connectivity index (χ0n) is 11.0. The Morgan fingerprint density at radius 3 is 2.67 bits per heavy atom. The molecule has 3 nitrogen and oxygen atoms in total. The Hall–Kier alpha value is -1.98. The average molecular weight is 321 g/mol. The lowest BCUT2D eigenvalue weighted by molar-refractivity contribution is -0.114. The Kier molecular flexibility index (Phi) is 3.61. The van der Waals surface area contributed by atoms with E-state index in [0.717, 1.165) is 21.3 Å². The van der Waals surface area contributed by atoms with E-state index in [1.807, 2.05) is 18.2 Å². The molecule has 0 aliphatic carbocycles. The van der Waals surface area contributed by atoms with Crippen LogP contribution >= 0.6 is 22.9 Å². The molecule has 21 heavy (non-hydrogen) atoms. The molecule has 0 aliphatic heterocycles. The molecule has 0 aliphatic rings. The first-order chi connectivity index (χ1) is 10.0. The molecule has 6 heteroatoms. The number of carbonyl (C=O) groups excluding carboxylic acids is 1. The van der Waals surface area contributed by atoms with Crippen molar-refractivity contribution in [2.75, 3.05) is 5.32 Å². The van der Waals surface area contributed by atoms with Crippen molar-refractivity contribution in [1.82, 2.24) is 4.98 Å². The number of hydrogen-bond donors (Lipinski definition) is 1. The molecule has 3 rings (SSSR count). The topological polar surface area (TPSA) is 42.0 Å². The van der Waals surface area contributed by atoms with E-state index in [1.165, 1.54) is 24.3 Å². The highest BCUT2D eigenvalue weighted by molar-refractivity contribution is 7.22. The number of nitrogens with one attached hydrogen (secondary N) is 1. The molecule has 0 saturated heterocycles. The van der Waals surface area contributed by atoms with E-state index in [9.17, 15) is 9.18 Å². The highest BCUT2D eigenvalue weighted by Crippen LogP contribution is 2.31. The second-order valence-electron chi connectivity index (χ2n) is 4.51. The lowest BCUT2D eigenvalue weighted by Crippen LogP contribution is -2.04. The summed E-state index contributed by atoms with van der Waals surface area (Å²) in [5.41, 5.74) is 2.56. The summed E-state index contributed by atoms with van der Waals surface area (Å²) in [5, 5.41) is 3.32. The maximum atomic E-state index is 13.2. The number of benzene rings is 2. The van der Waals surface area contributed by atoms with Crippen molar-refractivity contribution in [2.45, 2.75) is 6.92 Å². The summed E-state index contributed by atoms with van der Waals surface area (Å²) < 4.78 is 14.2. The highest BCUT2D eigenvalue weighted by atomic mass is 35.5. The standard InChI is InChI=1S/C15H10ClFN2OS/c1-8(20)18-15-19-13-5-3-10(7-14(13)21-15)9-2-4-12(17)11(16)6-9/h2-7H,1H3,(H,18,19,20). The predicted molar refractivity (Wildman–Crippen MR) is 84.3 cm³/mol. The van der Waals surface area contributed by atoms with E-state index in [0.29, 0.717) is 5.13 Å². The molecule has 1 amide bonds. The lowest BCUT2D eigenvalue weighted by Gasteiger charge is -2.02. The minimum atomic E-state index is -0.438. The smallest absolute Gasteiger partial charge is 0.223 e. The van der Waals surface area contributed by atoms with Crippen LogP contribution in [-0.4, -0.2) is 10.9 Å². The van der Waals surface area contributed by atoms with Crippen molar-refractivity contribution in [3.05, 3.63) is 47.2 Å². The molecule has 1 N–H and O–H groups in total. The molecule has 0 fully saturated rings. The van der Waals surface area contributed by atoms with Gasteiger partial charge in [-0.3, -0.25) is 4.79 Å². The number of hydrogen-bond acceptors (Lipinski definition) is 3. The molecule has 0 saturated carbocycles. The normalized spacial score (nSPS) is 10.8. The molecule has 0 unspecified atom stereocenters. The third kappa shape index (κ3) is 2.89. The second-order valence-corrected chi connectivity index (χ2v) is 5.95. The number of carbonyl (C=O) groups is 1. The zero-order valence-corrected chi connectivity index (χ0v) is 12.6. The van der Waals surface area contributed by atoms with Crippen LogP contribution in [0.1, 0.15) is 6.92 Å². The summed E-state index contributed by atoms with van der Waals surface area (Å²) in [6, 6.07) is 10.3. The summed E-state index contributed by atoms with van der Waals surface area (Å²) in [5.74, 6) is -0.591. The van der Waals surface area contributed by atoms with E-state index < -0.39 is 5.82 Å². The van der Waals surface area contributed by atoms with Crippen LogP contribution in [0.25, 0.3) is 21.3 Å². The fourth-order valence-corrected chi connectivity index (χ4v) is 3.12. The van der Waals surface area contributed by atoms with Crippen molar-refractivity contribution in [2.24, 2.45) is 0 Å². The predicted octanol–water partition coefficient (Wildman–Crippen LogP) is 4.71. The first-order valence-electron chi connectivity index (χ1n) is 6.16. The van der Waals surface area contributed by atoms with Crippen molar-refractivity contribution in [1.29, 1.82) is 0 Å². The number of anilines is 1. The molecular formula is C15H10ClFN2OS. The van der Waals surface area contributed by atoms with Crippen LogP contribution in [0.2, 0.25) is 5.02 Å². The first kappa shape index (κ1) is 14.0. The van der Waals surface area contributed by atoms with Crippen LogP contribution in [0.15, 0.2) is 36.4 Å². The molecule has 1 aromatic heterocycles. The number of fused-ring (bicyclic) bond motifs is 1. The van der Waals surface area contributed by atoms with Gasteiger partial charge in [0.2, 0.25) is 5.91 Å². The first-order valence-corrected chi connectivity index (χ1v) is 7.36. The number of thiazole rings is 1. The van der Waals surface area contributed by atoms with Crippen LogP contribution < -0.4 is 5.32 Å². The third-order valence-electron chi connectivity index (χ3n) is 2.92. The van der Waals surface area contributed by atoms with E-state index in [1.54, 1.807) is 12.1 Å². The van der Waals surface area contributed by atoms with Gasteiger partial charge in [-0.05, 0) is 35.4 Å². The Labute approximate surface area is 129 Å². The largest absolute Gasteiger partial charge is 0.302 e. The van der Waals surface area contributed by atoms with Crippen LogP contribution in [0.3, 0.4) is 0 Å². The maximum Gasteiger partial charge on any atom is 0.223 e. The number of aromatic nitrogens is 1. The van der Waals surface area contributed by atoms with Gasteiger partial charge < -0.3 is 5.32 Å². The van der Waals surface area contributed by atoms with Gasteiger partial charge in [-0.25, -0.2) is 9.37 Å². The molecule has 106 valence electrons. The maximum absolute atomic E-state index is 13.2. The average Bonchev–Trinajstić information content (AvgIpc) is 2.82. The van der Waals surface area contributed by atoms with Gasteiger partial charge in [0, 0.05) is 6.92 Å². The van der Waals surface area contributed by atoms with Gasteiger partial charge in [0.05, 0.1) is 15.2 Å². The van der Waals surface area contributed by atoms with Gasteiger partial charge in [0.25, 0.3) is 0 Å². The number of amides is 1. The highest BCUT2D eigenvalue weighted by Gasteiger charge is 2.08. The minimum Gasteiger partial charge on any atom is -0.302 e. The van der Waals surface area contributed by atoms with Crippen LogP contribution in [-0.2, 0) is 4.79 Å². The number of nitrogens with zero attached hydrogens (tertiary/aromatic N) is 1. The van der Waals surface area contributed by atoms with Crippen molar-refractivity contribution in [3.63, 3.8) is 0 Å². The molecule has 3 aromatic rings. The molecule has 0 bridgehead atoms. The third-order valence-corrected chi connectivity index (χ3v) is 4.15. The van der Waals surface area contributed by atoms with Crippen molar-refractivity contribution in [3.8, 4) is 11.1 Å². The van der Waals surface area contributed by atoms with E-state index in [2.05, 4.69) is 10.3 Å². The molecule has 1 heterocycles.